The topological polar surface area (TPSA) is 38.0 Å². The van der Waals surface area contributed by atoms with Crippen molar-refractivity contribution in [2.75, 3.05) is 19.6 Å². The number of hydrogen-bond donors (Lipinski definition) is 2. The lowest BCUT2D eigenvalue weighted by molar-refractivity contribution is 0.344. The molecule has 2 nitrogen and oxygen atoms in total. The first-order chi connectivity index (χ1) is 7.79. The van der Waals surface area contributed by atoms with Crippen LogP contribution in [0, 0.1) is 17.3 Å². The highest BCUT2D eigenvalue weighted by atomic mass is 14.9. The molecule has 0 aromatic carbocycles. The van der Waals surface area contributed by atoms with Gasteiger partial charge in [-0.3, -0.25) is 0 Å². The van der Waals surface area contributed by atoms with Crippen LogP contribution in [0.4, 0.5) is 0 Å². The molecule has 0 aromatic heterocycles. The lowest BCUT2D eigenvalue weighted by Crippen LogP contribution is -2.32. The van der Waals surface area contributed by atoms with Crippen molar-refractivity contribution in [2.24, 2.45) is 23.0 Å². The Morgan fingerprint density at radius 1 is 1.25 bits per heavy atom. The molecular formula is C14H28N2. The molecule has 2 atom stereocenters. The molecule has 0 heterocycles. The van der Waals surface area contributed by atoms with Crippen LogP contribution in [0.25, 0.3) is 0 Å². The van der Waals surface area contributed by atoms with Crippen molar-refractivity contribution in [2.45, 2.75) is 51.9 Å². The van der Waals surface area contributed by atoms with Crippen LogP contribution in [0.5, 0.6) is 0 Å². The number of nitrogens with two attached hydrogens (primary N) is 1. The van der Waals surface area contributed by atoms with Gasteiger partial charge in [0.1, 0.15) is 0 Å². The van der Waals surface area contributed by atoms with Crippen LogP contribution in [0.1, 0.15) is 51.9 Å². The van der Waals surface area contributed by atoms with Gasteiger partial charge < -0.3 is 11.1 Å². The fourth-order valence-electron chi connectivity index (χ4n) is 3.44. The summed E-state index contributed by atoms with van der Waals surface area (Å²) in [6.45, 7) is 5.68. The normalized spacial score (nSPS) is 31.9. The Morgan fingerprint density at radius 3 is 2.62 bits per heavy atom. The zero-order valence-electron chi connectivity index (χ0n) is 10.8. The highest BCUT2D eigenvalue weighted by molar-refractivity contribution is 4.94. The highest BCUT2D eigenvalue weighted by Crippen LogP contribution is 2.49. The Kier molecular flexibility index (Phi) is 4.26. The molecule has 0 spiro atoms. The van der Waals surface area contributed by atoms with Crippen molar-refractivity contribution in [1.82, 2.24) is 5.32 Å². The van der Waals surface area contributed by atoms with Crippen molar-refractivity contribution in [3.05, 3.63) is 0 Å². The third-order valence-electron chi connectivity index (χ3n) is 4.76. The van der Waals surface area contributed by atoms with Gasteiger partial charge in [-0.1, -0.05) is 19.8 Å². The summed E-state index contributed by atoms with van der Waals surface area (Å²) < 4.78 is 0. The van der Waals surface area contributed by atoms with Crippen molar-refractivity contribution in [1.29, 1.82) is 0 Å². The quantitative estimate of drug-likeness (QED) is 0.697. The van der Waals surface area contributed by atoms with Gasteiger partial charge in [0, 0.05) is 6.54 Å². The van der Waals surface area contributed by atoms with E-state index >= 15 is 0 Å². The molecule has 0 bridgehead atoms. The van der Waals surface area contributed by atoms with E-state index in [4.69, 9.17) is 5.73 Å². The number of nitrogens with one attached hydrogen (secondary N) is 1. The molecule has 2 rings (SSSR count). The maximum absolute atomic E-state index is 5.81. The van der Waals surface area contributed by atoms with E-state index in [2.05, 4.69) is 12.2 Å². The van der Waals surface area contributed by atoms with Gasteiger partial charge in [-0.25, -0.2) is 0 Å². The first-order valence-electron chi connectivity index (χ1n) is 7.20. The Bertz CT molecular complexity index is 211. The van der Waals surface area contributed by atoms with Gasteiger partial charge in [0.2, 0.25) is 0 Å². The van der Waals surface area contributed by atoms with Crippen molar-refractivity contribution < 1.29 is 0 Å². The molecular weight excluding hydrogens is 196 g/mol. The zero-order chi connectivity index (χ0) is 11.4. The van der Waals surface area contributed by atoms with E-state index in [0.29, 0.717) is 5.41 Å². The van der Waals surface area contributed by atoms with E-state index in [-0.39, 0.29) is 0 Å². The summed E-state index contributed by atoms with van der Waals surface area (Å²) in [4.78, 5) is 0. The molecule has 3 N–H and O–H groups in total. The molecule has 0 radical (unpaired) electrons. The van der Waals surface area contributed by atoms with Crippen molar-refractivity contribution in [3.8, 4) is 0 Å². The maximum atomic E-state index is 5.81. The summed E-state index contributed by atoms with van der Waals surface area (Å²) in [6, 6.07) is 0. The summed E-state index contributed by atoms with van der Waals surface area (Å²) in [7, 11) is 0. The SMILES string of the molecule is CCCC1(CNCC2CCCC2CN)CC1. The first-order valence-corrected chi connectivity index (χ1v) is 7.20. The second-order valence-corrected chi connectivity index (χ2v) is 6.07. The van der Waals surface area contributed by atoms with Crippen LogP contribution in [-0.2, 0) is 0 Å². The van der Waals surface area contributed by atoms with Crippen molar-refractivity contribution in [3.63, 3.8) is 0 Å². The molecule has 0 saturated heterocycles. The Balaban J connectivity index is 1.64. The smallest absolute Gasteiger partial charge is 0.000793 e. The fourth-order valence-corrected chi connectivity index (χ4v) is 3.44. The van der Waals surface area contributed by atoms with Crippen LogP contribution in [0.3, 0.4) is 0 Å². The number of hydrogen-bond acceptors (Lipinski definition) is 2. The Morgan fingerprint density at radius 2 is 2.00 bits per heavy atom. The van der Waals surface area contributed by atoms with Crippen molar-refractivity contribution >= 4 is 0 Å². The predicted molar refractivity (Wildman–Crippen MR) is 69.3 cm³/mol. The molecule has 2 heteroatoms. The average molecular weight is 224 g/mol. The highest BCUT2D eigenvalue weighted by Gasteiger charge is 2.41. The van der Waals surface area contributed by atoms with Gasteiger partial charge in [0.15, 0.2) is 0 Å². The fraction of sp³-hybridized carbons (Fsp3) is 1.00. The summed E-state index contributed by atoms with van der Waals surface area (Å²) in [5.74, 6) is 1.66. The zero-order valence-corrected chi connectivity index (χ0v) is 10.8. The van der Waals surface area contributed by atoms with Gasteiger partial charge in [0.25, 0.3) is 0 Å². The van der Waals surface area contributed by atoms with Gasteiger partial charge >= 0.3 is 0 Å². The third kappa shape index (κ3) is 2.98. The molecule has 94 valence electrons. The van der Waals surface area contributed by atoms with E-state index in [1.807, 2.05) is 0 Å². The molecule has 2 aliphatic carbocycles. The molecule has 0 aliphatic heterocycles. The van der Waals surface area contributed by atoms with Gasteiger partial charge in [-0.2, -0.15) is 0 Å². The summed E-state index contributed by atoms with van der Waals surface area (Å²) in [5.41, 5.74) is 6.51. The Labute approximate surface area is 100 Å². The first kappa shape index (κ1) is 12.4. The second kappa shape index (κ2) is 5.50. The van der Waals surface area contributed by atoms with Crippen LogP contribution >= 0.6 is 0 Å². The monoisotopic (exact) mass is 224 g/mol. The third-order valence-corrected chi connectivity index (χ3v) is 4.76. The van der Waals surface area contributed by atoms with E-state index in [0.717, 1.165) is 18.4 Å². The maximum Gasteiger partial charge on any atom is 0.000793 e. The molecule has 2 aliphatic rings. The minimum Gasteiger partial charge on any atom is -0.330 e. The second-order valence-electron chi connectivity index (χ2n) is 6.07. The lowest BCUT2D eigenvalue weighted by Gasteiger charge is -2.21. The van der Waals surface area contributed by atoms with E-state index < -0.39 is 0 Å². The average Bonchev–Trinajstić information content (AvgIpc) is 2.90. The van der Waals surface area contributed by atoms with E-state index in [1.165, 1.54) is 58.0 Å². The van der Waals surface area contributed by atoms with Gasteiger partial charge in [-0.15, -0.1) is 0 Å². The standard InChI is InChI=1S/C14H28N2/c1-2-6-14(7-8-14)11-16-10-13-5-3-4-12(13)9-15/h12-13,16H,2-11,15H2,1H3. The van der Waals surface area contributed by atoms with Gasteiger partial charge in [-0.05, 0) is 62.4 Å². The molecule has 16 heavy (non-hydrogen) atoms. The van der Waals surface area contributed by atoms with E-state index in [9.17, 15) is 0 Å². The lowest BCUT2D eigenvalue weighted by atomic mass is 9.95. The van der Waals surface area contributed by atoms with Crippen LogP contribution in [0.15, 0.2) is 0 Å². The molecule has 2 fully saturated rings. The van der Waals surface area contributed by atoms with Crippen LogP contribution < -0.4 is 11.1 Å². The summed E-state index contributed by atoms with van der Waals surface area (Å²) in [6.07, 6.45) is 9.84. The minimum absolute atomic E-state index is 0.700. The van der Waals surface area contributed by atoms with E-state index in [1.54, 1.807) is 0 Å². The molecule has 2 unspecified atom stereocenters. The van der Waals surface area contributed by atoms with Gasteiger partial charge in [0.05, 0.1) is 0 Å². The largest absolute Gasteiger partial charge is 0.330 e. The molecule has 0 aromatic rings. The molecule has 2 saturated carbocycles. The number of rotatable bonds is 7. The predicted octanol–water partition coefficient (Wildman–Crippen LogP) is 2.53. The molecule has 0 amide bonds. The summed E-state index contributed by atoms with van der Waals surface area (Å²) >= 11 is 0. The van der Waals surface area contributed by atoms with Crippen LogP contribution in [0.2, 0.25) is 0 Å². The minimum atomic E-state index is 0.700. The summed E-state index contributed by atoms with van der Waals surface area (Å²) in [5, 5.41) is 3.72. The van der Waals surface area contributed by atoms with Crippen LogP contribution in [-0.4, -0.2) is 19.6 Å². The Hall–Kier alpha value is -0.0800.